The summed E-state index contributed by atoms with van der Waals surface area (Å²) in [6, 6.07) is 4.93. The summed E-state index contributed by atoms with van der Waals surface area (Å²) in [5.74, 6) is -1.48. The minimum atomic E-state index is -3.68. The smallest absolute Gasteiger partial charge is 0.672 e. The van der Waals surface area contributed by atoms with E-state index in [1.807, 2.05) is 0 Å². The first-order chi connectivity index (χ1) is 18.2. The molecule has 5 atom stereocenters. The van der Waals surface area contributed by atoms with Gasteiger partial charge < -0.3 is 38.9 Å². The van der Waals surface area contributed by atoms with Crippen LogP contribution in [0.15, 0.2) is 66.0 Å². The number of pyridine rings is 1. The van der Waals surface area contributed by atoms with Gasteiger partial charge in [0, 0.05) is 17.3 Å². The summed E-state index contributed by atoms with van der Waals surface area (Å²) in [4.78, 5) is 32.1. The van der Waals surface area contributed by atoms with Crippen molar-refractivity contribution in [3.05, 3.63) is 82.4 Å². The van der Waals surface area contributed by atoms with Gasteiger partial charge in [-0.3, -0.25) is 13.7 Å². The van der Waals surface area contributed by atoms with Gasteiger partial charge in [0.15, 0.2) is 5.44 Å². The number of allylic oxidation sites excluding steroid dienone is 6. The van der Waals surface area contributed by atoms with Gasteiger partial charge in [-0.2, -0.15) is 11.4 Å². The molecule has 0 saturated heterocycles. The van der Waals surface area contributed by atoms with E-state index in [-0.39, 0.29) is 42.3 Å². The Kier molecular flexibility index (Phi) is 17.7. The van der Waals surface area contributed by atoms with E-state index in [2.05, 4.69) is 15.6 Å². The molecule has 2 aliphatic rings. The topological polar surface area (TPSA) is 181 Å². The fourth-order valence-electron chi connectivity index (χ4n) is 2.99. The predicted molar refractivity (Wildman–Crippen MR) is 153 cm³/mol. The zero-order chi connectivity index (χ0) is 29.7. The van der Waals surface area contributed by atoms with Crippen molar-refractivity contribution in [2.24, 2.45) is 0 Å². The molecule has 0 saturated carbocycles. The average Bonchev–Trinajstić information content (AvgIpc) is 2.85. The number of nitrogens with zero attached hydrogens (tertiary/aromatic N) is 3. The molecule has 2 aliphatic heterocycles. The van der Waals surface area contributed by atoms with Crippen LogP contribution in [0.4, 0.5) is 0 Å². The van der Waals surface area contributed by atoms with Gasteiger partial charge in [0.05, 0.1) is 19.8 Å². The van der Waals surface area contributed by atoms with E-state index in [0.717, 1.165) is 11.4 Å². The van der Waals surface area contributed by atoms with Gasteiger partial charge in [-0.05, 0) is 39.8 Å². The van der Waals surface area contributed by atoms with E-state index in [4.69, 9.17) is 13.6 Å². The van der Waals surface area contributed by atoms with Crippen molar-refractivity contribution < 1.29 is 59.0 Å². The van der Waals surface area contributed by atoms with Crippen LogP contribution in [-0.2, 0) is 44.3 Å². The molecular formula is C24H38FeN3O9P3. The Hall–Kier alpha value is -1.32. The zero-order valence-corrected chi connectivity index (χ0v) is 27.1. The first-order valence-electron chi connectivity index (χ1n) is 12.2. The third-order valence-corrected chi connectivity index (χ3v) is 9.28. The zero-order valence-electron chi connectivity index (χ0n) is 23.3. The molecule has 0 spiro atoms. The van der Waals surface area contributed by atoms with Crippen molar-refractivity contribution in [1.29, 1.82) is 0 Å². The van der Waals surface area contributed by atoms with Gasteiger partial charge in [-0.25, -0.2) is 4.98 Å². The van der Waals surface area contributed by atoms with Crippen LogP contribution in [0.5, 0.6) is 0 Å². The van der Waals surface area contributed by atoms with Crippen molar-refractivity contribution in [3.63, 3.8) is 0 Å². The molecule has 1 aromatic rings. The molecule has 0 bridgehead atoms. The van der Waals surface area contributed by atoms with Crippen LogP contribution < -0.4 is 5.44 Å². The first-order valence-corrected chi connectivity index (χ1v) is 17.0. The molecule has 0 amide bonds. The summed E-state index contributed by atoms with van der Waals surface area (Å²) in [5.41, 5.74) is 2.28. The summed E-state index contributed by atoms with van der Waals surface area (Å²) >= 11 is 0. The fourth-order valence-corrected chi connectivity index (χ4v) is 6.37. The minimum absolute atomic E-state index is 0. The third kappa shape index (κ3) is 13.6. The van der Waals surface area contributed by atoms with Crippen LogP contribution in [0.3, 0.4) is 0 Å². The summed E-state index contributed by atoms with van der Waals surface area (Å²) in [6.45, 7) is 11.0. The van der Waals surface area contributed by atoms with Crippen LogP contribution in [0.1, 0.15) is 40.3 Å². The van der Waals surface area contributed by atoms with Crippen LogP contribution in [-0.4, -0.2) is 51.1 Å². The number of rotatable bonds is 9. The minimum Gasteiger partial charge on any atom is -0.672 e. The van der Waals surface area contributed by atoms with Gasteiger partial charge >= 0.3 is 39.9 Å². The van der Waals surface area contributed by atoms with E-state index in [9.17, 15) is 28.4 Å². The molecule has 0 aliphatic carbocycles. The number of aromatic nitrogens is 1. The second kappa shape index (κ2) is 18.3. The number of aryl methyl sites for hydroxylation is 1. The Balaban J connectivity index is 0.000000563. The van der Waals surface area contributed by atoms with Crippen LogP contribution in [0.25, 0.3) is 10.6 Å². The van der Waals surface area contributed by atoms with E-state index in [1.165, 1.54) is 6.07 Å². The Morgan fingerprint density at radius 3 is 1.55 bits per heavy atom. The fraction of sp³-hybridized carbons (Fsp3) is 0.458. The molecule has 3 rings (SSSR count). The largest absolute Gasteiger partial charge is 2.00 e. The van der Waals surface area contributed by atoms with Crippen molar-refractivity contribution in [2.45, 2.75) is 53.1 Å². The van der Waals surface area contributed by atoms with Crippen LogP contribution >= 0.6 is 22.8 Å². The van der Waals surface area contributed by atoms with Crippen molar-refractivity contribution in [1.82, 2.24) is 4.98 Å². The monoisotopic (exact) mass is 661 g/mol. The number of hydrogen-bond acceptors (Lipinski definition) is 7. The van der Waals surface area contributed by atoms with Gasteiger partial charge in [-0.15, -0.1) is 0 Å². The average molecular weight is 661 g/mol. The van der Waals surface area contributed by atoms with Crippen molar-refractivity contribution in [3.8, 4) is 0 Å². The molecule has 0 aromatic carbocycles. The quantitative estimate of drug-likeness (QED) is 0.210. The van der Waals surface area contributed by atoms with Crippen molar-refractivity contribution in [2.75, 3.05) is 19.8 Å². The maximum atomic E-state index is 11.5. The SMILES string of the molecule is CCOP(=O)(O)C1C=CC=C(C)[N-]1.CCOP(=O)(O)C1C=CC=C(C)[N-]1.CCOP(=O)(O)c1cccc(C)n1.[Fe+2]. The second-order valence-corrected chi connectivity index (χ2v) is 13.6. The van der Waals surface area contributed by atoms with Gasteiger partial charge in [-0.1, -0.05) is 56.4 Å². The summed E-state index contributed by atoms with van der Waals surface area (Å²) < 4.78 is 48.6. The molecule has 0 fully saturated rings. The molecular weight excluding hydrogens is 623 g/mol. The Morgan fingerprint density at radius 1 is 0.775 bits per heavy atom. The molecule has 5 unspecified atom stereocenters. The van der Waals surface area contributed by atoms with Gasteiger partial charge in [0.2, 0.25) is 0 Å². The van der Waals surface area contributed by atoms with Gasteiger partial charge in [0.25, 0.3) is 0 Å². The molecule has 3 heterocycles. The Morgan fingerprint density at radius 2 is 1.20 bits per heavy atom. The molecule has 16 heteroatoms. The summed E-state index contributed by atoms with van der Waals surface area (Å²) in [7, 11) is -10.9. The van der Waals surface area contributed by atoms with Crippen LogP contribution in [0, 0.1) is 6.92 Å². The van der Waals surface area contributed by atoms with Gasteiger partial charge in [0.1, 0.15) is 0 Å². The van der Waals surface area contributed by atoms with E-state index >= 15 is 0 Å². The van der Waals surface area contributed by atoms with E-state index < -0.39 is 34.4 Å². The standard InChI is InChI=1S/2C8H13NO3P.C8H12NO3P.Fe/c3*1-3-12-13(10,11)8-6-4-5-7(2)9-8;/h2*4-6,8H,3H2,1-2H3,(H,10,11);4-6H,3H2,1-2H3,(H,10,11);/q2*-1;;+2. The third-order valence-electron chi connectivity index (χ3n) is 4.68. The molecule has 226 valence electrons. The predicted octanol–water partition coefficient (Wildman–Crippen LogP) is 6.00. The van der Waals surface area contributed by atoms with Crippen molar-refractivity contribution >= 4 is 28.2 Å². The molecule has 40 heavy (non-hydrogen) atoms. The number of hydrogen-bond donors (Lipinski definition) is 3. The normalized spacial score (nSPS) is 21.9. The maximum Gasteiger partial charge on any atom is 2.00 e. The maximum absolute atomic E-state index is 11.5. The Labute approximate surface area is 247 Å². The summed E-state index contributed by atoms with van der Waals surface area (Å²) in [5, 5.41) is 8.02. The Bertz CT molecular complexity index is 1150. The molecule has 12 nitrogen and oxygen atoms in total. The van der Waals surface area contributed by atoms with E-state index in [1.54, 1.807) is 90.1 Å². The molecule has 0 radical (unpaired) electrons. The van der Waals surface area contributed by atoms with E-state index in [0.29, 0.717) is 5.69 Å². The molecule has 3 N–H and O–H groups in total. The summed E-state index contributed by atoms with van der Waals surface area (Å²) in [6.07, 6.45) is 10.1. The first kappa shape index (κ1) is 38.7. The molecule has 1 aromatic heterocycles. The second-order valence-electron chi connectivity index (χ2n) is 8.01. The van der Waals surface area contributed by atoms with Crippen LogP contribution in [0.2, 0.25) is 0 Å².